The maximum atomic E-state index is 9.60. The Morgan fingerprint density at radius 3 is 1.29 bits per heavy atom. The Balaban J connectivity index is 0. The molecule has 0 aromatic heterocycles. The van der Waals surface area contributed by atoms with Gasteiger partial charge in [-0.25, -0.2) is 4.79 Å². The van der Waals surface area contributed by atoms with Crippen LogP contribution in [0.1, 0.15) is 25.0 Å². The molecule has 0 radical (unpaired) electrons. The van der Waals surface area contributed by atoms with Gasteiger partial charge in [-0.15, -0.1) is 0 Å². The molecule has 0 aliphatic carbocycles. The third-order valence-electron chi connectivity index (χ3n) is 1.85. The van der Waals surface area contributed by atoms with Crippen LogP contribution in [-0.2, 0) is 9.59 Å². The van der Waals surface area contributed by atoms with Crippen LogP contribution in [0.5, 0.6) is 0 Å². The van der Waals surface area contributed by atoms with Gasteiger partial charge in [0.2, 0.25) is 0 Å². The summed E-state index contributed by atoms with van der Waals surface area (Å²) >= 11 is 22.8. The summed E-state index contributed by atoms with van der Waals surface area (Å²) in [6.07, 6.45) is 0. The van der Waals surface area contributed by atoms with Crippen LogP contribution in [0.15, 0.2) is 12.2 Å². The Hall–Kier alpha value is -1.96. The van der Waals surface area contributed by atoms with Gasteiger partial charge in [0, 0.05) is 12.5 Å². The molecule has 1 aromatic carbocycles. The SMILES string of the molecule is C=C(C)C(=O)O.CC(=O)O.N#Cc1c(Cl)c(Cl)c(Cl)c(C#N)c1Cl. The number of carboxylic acids is 2. The first-order valence-electron chi connectivity index (χ1n) is 5.66. The topological polar surface area (TPSA) is 122 Å². The van der Waals surface area contributed by atoms with Gasteiger partial charge in [0.25, 0.3) is 5.97 Å². The molecular weight excluding hydrogens is 402 g/mol. The normalized spacial score (nSPS) is 8.33. The van der Waals surface area contributed by atoms with Crippen LogP contribution < -0.4 is 0 Å². The molecule has 0 bridgehead atoms. The summed E-state index contributed by atoms with van der Waals surface area (Å²) in [6, 6.07) is 3.50. The van der Waals surface area contributed by atoms with Gasteiger partial charge < -0.3 is 10.2 Å². The molecule has 1 aromatic rings. The first-order valence-corrected chi connectivity index (χ1v) is 7.17. The first kappa shape index (κ1) is 24.3. The number of carboxylic acid groups (broad SMARTS) is 2. The lowest BCUT2D eigenvalue weighted by molar-refractivity contribution is -0.134. The lowest BCUT2D eigenvalue weighted by atomic mass is 10.1. The Morgan fingerprint density at radius 1 is 0.875 bits per heavy atom. The highest BCUT2D eigenvalue weighted by molar-refractivity contribution is 6.50. The van der Waals surface area contributed by atoms with Crippen molar-refractivity contribution in [3.05, 3.63) is 43.4 Å². The van der Waals surface area contributed by atoms with E-state index >= 15 is 0 Å². The molecule has 10 heteroatoms. The number of nitriles is 2. The van der Waals surface area contributed by atoms with Crippen LogP contribution in [0.3, 0.4) is 0 Å². The molecule has 0 spiro atoms. The third kappa shape index (κ3) is 8.05. The zero-order valence-electron chi connectivity index (χ0n) is 12.3. The lowest BCUT2D eigenvalue weighted by Gasteiger charge is -2.05. The van der Waals surface area contributed by atoms with Gasteiger partial charge in [-0.3, -0.25) is 4.79 Å². The fourth-order valence-electron chi connectivity index (χ4n) is 0.830. The molecule has 2 N–H and O–H groups in total. The Labute approximate surface area is 158 Å². The van der Waals surface area contributed by atoms with Crippen molar-refractivity contribution in [3.63, 3.8) is 0 Å². The van der Waals surface area contributed by atoms with Crippen molar-refractivity contribution in [2.45, 2.75) is 13.8 Å². The van der Waals surface area contributed by atoms with Crippen LogP contribution in [0, 0.1) is 22.7 Å². The maximum absolute atomic E-state index is 9.60. The second kappa shape index (κ2) is 11.6. The number of hydrogen-bond acceptors (Lipinski definition) is 4. The largest absolute Gasteiger partial charge is 0.481 e. The van der Waals surface area contributed by atoms with Gasteiger partial charge in [0.05, 0.1) is 31.2 Å². The minimum Gasteiger partial charge on any atom is -0.481 e. The van der Waals surface area contributed by atoms with Gasteiger partial charge in [-0.05, 0) is 6.92 Å². The van der Waals surface area contributed by atoms with E-state index in [1.165, 1.54) is 6.92 Å². The molecule has 0 amide bonds. The van der Waals surface area contributed by atoms with E-state index in [0.717, 1.165) is 6.92 Å². The molecule has 0 aliphatic heterocycles. The lowest BCUT2D eigenvalue weighted by Crippen LogP contribution is -1.92. The number of nitrogens with zero attached hydrogens (tertiary/aromatic N) is 2. The molecule has 0 fully saturated rings. The second-order valence-corrected chi connectivity index (χ2v) is 5.35. The predicted octanol–water partition coefficient (Wildman–Crippen LogP) is 4.78. The fourth-order valence-corrected chi connectivity index (χ4v) is 1.90. The highest BCUT2D eigenvalue weighted by atomic mass is 35.5. The summed E-state index contributed by atoms with van der Waals surface area (Å²) in [6.45, 7) is 5.69. The molecule has 0 atom stereocenters. The van der Waals surface area contributed by atoms with E-state index in [2.05, 4.69) is 6.58 Å². The molecule has 0 saturated carbocycles. The molecule has 1 rings (SSSR count). The van der Waals surface area contributed by atoms with E-state index in [9.17, 15) is 4.79 Å². The summed E-state index contributed by atoms with van der Waals surface area (Å²) in [4.78, 5) is 18.6. The fraction of sp³-hybridized carbons (Fsp3) is 0.143. The predicted molar refractivity (Wildman–Crippen MR) is 91.7 cm³/mol. The molecule has 0 aliphatic rings. The van der Waals surface area contributed by atoms with E-state index in [1.807, 2.05) is 0 Å². The third-order valence-corrected chi connectivity index (χ3v) is 3.56. The smallest absolute Gasteiger partial charge is 0.330 e. The monoisotopic (exact) mass is 410 g/mol. The summed E-state index contributed by atoms with van der Waals surface area (Å²) in [5, 5.41) is 32.5. The zero-order valence-corrected chi connectivity index (χ0v) is 15.3. The minimum absolute atomic E-state index is 0.0363. The van der Waals surface area contributed by atoms with Crippen molar-refractivity contribution in [2.75, 3.05) is 0 Å². The van der Waals surface area contributed by atoms with Crippen LogP contribution in [0.25, 0.3) is 0 Å². The van der Waals surface area contributed by atoms with Crippen LogP contribution in [0.4, 0.5) is 0 Å². The van der Waals surface area contributed by atoms with Crippen molar-refractivity contribution < 1.29 is 19.8 Å². The number of aliphatic carboxylic acids is 2. The van der Waals surface area contributed by atoms with Gasteiger partial charge in [-0.1, -0.05) is 53.0 Å². The summed E-state index contributed by atoms with van der Waals surface area (Å²) in [7, 11) is 0. The highest BCUT2D eigenvalue weighted by Crippen LogP contribution is 2.40. The van der Waals surface area contributed by atoms with Gasteiger partial charge in [0.15, 0.2) is 0 Å². The van der Waals surface area contributed by atoms with Crippen molar-refractivity contribution in [2.24, 2.45) is 0 Å². The van der Waals surface area contributed by atoms with Crippen molar-refractivity contribution in [1.82, 2.24) is 0 Å². The van der Waals surface area contributed by atoms with Crippen molar-refractivity contribution in [1.29, 1.82) is 10.5 Å². The molecule has 6 nitrogen and oxygen atoms in total. The average Bonchev–Trinajstić information content (AvgIpc) is 2.46. The average molecular weight is 412 g/mol. The molecule has 0 unspecified atom stereocenters. The van der Waals surface area contributed by atoms with Gasteiger partial charge >= 0.3 is 5.97 Å². The maximum Gasteiger partial charge on any atom is 0.330 e. The highest BCUT2D eigenvalue weighted by Gasteiger charge is 2.19. The standard InChI is InChI=1S/C8Cl4N2.C4H6O2.C2H4O2/c9-5-3(1-13)6(10)8(12)7(11)4(5)2-14;1-3(2)4(5)6;1-2(3)4/h;1H2,2H3,(H,5,6);1H3,(H,3,4). The minimum atomic E-state index is -0.935. The number of halogens is 4. The second-order valence-electron chi connectivity index (χ2n) is 3.83. The van der Waals surface area contributed by atoms with Gasteiger partial charge in [-0.2, -0.15) is 10.5 Å². The van der Waals surface area contributed by atoms with Crippen LogP contribution >= 0.6 is 46.4 Å². The van der Waals surface area contributed by atoms with Crippen molar-refractivity contribution in [3.8, 4) is 12.1 Å². The van der Waals surface area contributed by atoms with Crippen LogP contribution in [-0.4, -0.2) is 22.2 Å². The Bertz CT molecular complexity index is 692. The number of benzene rings is 1. The Morgan fingerprint density at radius 2 is 1.12 bits per heavy atom. The summed E-state index contributed by atoms with van der Waals surface area (Å²) in [5.41, 5.74) is 0.0913. The van der Waals surface area contributed by atoms with E-state index in [1.54, 1.807) is 12.1 Å². The summed E-state index contributed by atoms with van der Waals surface area (Å²) in [5.74, 6) is -1.77. The summed E-state index contributed by atoms with van der Waals surface area (Å²) < 4.78 is 0. The number of carbonyl (C=O) groups is 2. The number of hydrogen-bond donors (Lipinski definition) is 2. The van der Waals surface area contributed by atoms with Crippen LogP contribution in [0.2, 0.25) is 20.1 Å². The molecular formula is C14H10Cl4N2O4. The van der Waals surface area contributed by atoms with E-state index in [4.69, 9.17) is 71.9 Å². The first-order chi connectivity index (χ1) is 10.9. The number of rotatable bonds is 1. The Kier molecular flexibility index (Phi) is 11.7. The molecule has 24 heavy (non-hydrogen) atoms. The zero-order chi connectivity index (χ0) is 19.6. The van der Waals surface area contributed by atoms with E-state index in [-0.39, 0.29) is 36.8 Å². The molecule has 0 saturated heterocycles. The van der Waals surface area contributed by atoms with E-state index in [0.29, 0.717) is 0 Å². The van der Waals surface area contributed by atoms with Crippen molar-refractivity contribution >= 4 is 58.3 Å². The molecule has 0 heterocycles. The molecule has 128 valence electrons. The van der Waals surface area contributed by atoms with E-state index < -0.39 is 11.9 Å². The quantitative estimate of drug-likeness (QED) is 0.389. The van der Waals surface area contributed by atoms with Gasteiger partial charge in [0.1, 0.15) is 12.1 Å².